The third kappa shape index (κ3) is 1.69. The molecular weight excluding hydrogens is 284 g/mol. The molecule has 6 heteroatoms. The van der Waals surface area contributed by atoms with Crippen molar-refractivity contribution >= 4 is 23.9 Å². The first-order valence-corrected chi connectivity index (χ1v) is 6.79. The second-order valence-electron chi connectivity index (χ2n) is 5.10. The topological polar surface area (TPSA) is 72.8 Å². The zero-order valence-electron chi connectivity index (χ0n) is 10.6. The second-order valence-corrected chi connectivity index (χ2v) is 5.51. The molecule has 3 rings (SSSR count). The summed E-state index contributed by atoms with van der Waals surface area (Å²) in [7, 11) is 0. The molecule has 0 radical (unpaired) electrons. The Balaban J connectivity index is 2.26. The summed E-state index contributed by atoms with van der Waals surface area (Å²) in [4.78, 5) is 22.9. The fourth-order valence-electron chi connectivity index (χ4n) is 3.14. The highest BCUT2D eigenvalue weighted by molar-refractivity contribution is 6.32. The molecule has 1 aliphatic heterocycles. The summed E-state index contributed by atoms with van der Waals surface area (Å²) in [5, 5.41) is 9.93. The minimum Gasteiger partial charge on any atom is -0.481 e. The number of aliphatic carboxylic acids is 1. The molecule has 0 bridgehead atoms. The fourth-order valence-corrected chi connectivity index (χ4v) is 3.53. The highest BCUT2D eigenvalue weighted by Gasteiger charge is 2.48. The van der Waals surface area contributed by atoms with Gasteiger partial charge in [-0.1, -0.05) is 24.4 Å². The Morgan fingerprint density at radius 2 is 1.95 bits per heavy atom. The Labute approximate surface area is 120 Å². The van der Waals surface area contributed by atoms with Gasteiger partial charge in [-0.05, 0) is 18.9 Å². The quantitative estimate of drug-likeness (QED) is 0.868. The maximum Gasteiger partial charge on any atom is 0.314 e. The van der Waals surface area contributed by atoms with Crippen molar-refractivity contribution in [1.29, 1.82) is 0 Å². The Morgan fingerprint density at radius 3 is 2.55 bits per heavy atom. The number of carbonyl (C=O) groups excluding carboxylic acids is 1. The van der Waals surface area contributed by atoms with E-state index in [-0.39, 0.29) is 17.4 Å². The van der Waals surface area contributed by atoms with Crippen LogP contribution in [0.4, 0.5) is 0 Å². The summed E-state index contributed by atoms with van der Waals surface area (Å²) in [5.41, 5.74) is -0.317. The van der Waals surface area contributed by atoms with E-state index in [0.29, 0.717) is 36.2 Å². The first-order chi connectivity index (χ1) is 9.60. The van der Waals surface area contributed by atoms with E-state index in [4.69, 9.17) is 21.1 Å². The lowest BCUT2D eigenvalue weighted by Gasteiger charge is -2.26. The number of ether oxygens (including phenoxy) is 2. The van der Waals surface area contributed by atoms with Crippen LogP contribution >= 0.6 is 11.6 Å². The summed E-state index contributed by atoms with van der Waals surface area (Å²) in [6.07, 6.45) is 3.31. The maximum absolute atomic E-state index is 11.8. The molecule has 20 heavy (non-hydrogen) atoms. The van der Waals surface area contributed by atoms with Gasteiger partial charge in [0.1, 0.15) is 0 Å². The van der Waals surface area contributed by atoms with Crippen LogP contribution in [0.1, 0.15) is 41.6 Å². The number of carboxylic acid groups (broad SMARTS) is 1. The zero-order chi connectivity index (χ0) is 14.3. The first kappa shape index (κ1) is 13.2. The Bertz CT molecular complexity index is 590. The Hall–Kier alpha value is -1.75. The van der Waals surface area contributed by atoms with Crippen LogP contribution in [0.3, 0.4) is 0 Å². The number of rotatable bonds is 3. The van der Waals surface area contributed by atoms with Crippen LogP contribution in [0.5, 0.6) is 11.5 Å². The number of halogens is 1. The lowest BCUT2D eigenvalue weighted by molar-refractivity contribution is -0.143. The van der Waals surface area contributed by atoms with E-state index in [1.54, 1.807) is 0 Å². The van der Waals surface area contributed by atoms with Crippen LogP contribution in [0.2, 0.25) is 5.02 Å². The number of carbonyl (C=O) groups is 2. The van der Waals surface area contributed by atoms with Gasteiger partial charge in [0.05, 0.1) is 11.0 Å². The van der Waals surface area contributed by atoms with E-state index in [1.807, 2.05) is 0 Å². The summed E-state index contributed by atoms with van der Waals surface area (Å²) >= 11 is 6.25. The highest BCUT2D eigenvalue weighted by Crippen LogP contribution is 2.53. The largest absolute Gasteiger partial charge is 0.481 e. The summed E-state index contributed by atoms with van der Waals surface area (Å²) in [6, 6.07) is 1.46. The van der Waals surface area contributed by atoms with Gasteiger partial charge in [-0.3, -0.25) is 9.59 Å². The molecule has 1 aliphatic carbocycles. The van der Waals surface area contributed by atoms with Crippen molar-refractivity contribution in [3.8, 4) is 11.5 Å². The van der Waals surface area contributed by atoms with Gasteiger partial charge in [0.2, 0.25) is 6.79 Å². The molecule has 1 fully saturated rings. The zero-order valence-corrected chi connectivity index (χ0v) is 11.4. The number of aldehydes is 1. The van der Waals surface area contributed by atoms with Crippen molar-refractivity contribution in [2.75, 3.05) is 6.79 Å². The minimum atomic E-state index is -1.05. The number of benzene rings is 1. The molecule has 1 aromatic rings. The Kier molecular flexibility index (Phi) is 3.09. The van der Waals surface area contributed by atoms with Crippen molar-refractivity contribution in [3.63, 3.8) is 0 Å². The first-order valence-electron chi connectivity index (χ1n) is 6.41. The molecule has 0 spiro atoms. The molecular formula is C14H13ClO5. The van der Waals surface area contributed by atoms with E-state index < -0.39 is 11.4 Å². The molecule has 0 aromatic heterocycles. The third-order valence-corrected chi connectivity index (χ3v) is 4.39. The van der Waals surface area contributed by atoms with Crippen molar-refractivity contribution < 1.29 is 24.2 Å². The van der Waals surface area contributed by atoms with Gasteiger partial charge >= 0.3 is 5.97 Å². The number of hydrogen-bond donors (Lipinski definition) is 1. The predicted molar refractivity (Wildman–Crippen MR) is 70.7 cm³/mol. The van der Waals surface area contributed by atoms with Gasteiger partial charge in [-0.2, -0.15) is 0 Å². The number of hydrogen-bond acceptors (Lipinski definition) is 4. The lowest BCUT2D eigenvalue weighted by Crippen LogP contribution is -2.33. The molecule has 0 amide bonds. The molecule has 0 unspecified atom stereocenters. The normalized spacial score (nSPS) is 19.1. The van der Waals surface area contributed by atoms with E-state index in [9.17, 15) is 14.7 Å². The van der Waals surface area contributed by atoms with Gasteiger partial charge in [0.15, 0.2) is 17.8 Å². The van der Waals surface area contributed by atoms with E-state index >= 15 is 0 Å². The van der Waals surface area contributed by atoms with Crippen LogP contribution in [-0.4, -0.2) is 24.2 Å². The molecule has 1 saturated carbocycles. The van der Waals surface area contributed by atoms with E-state index in [2.05, 4.69) is 0 Å². The molecule has 0 atom stereocenters. The SMILES string of the molecule is O=Cc1cc(Cl)c(C2(C(=O)O)CCCC2)c2c1OCO2. The summed E-state index contributed by atoms with van der Waals surface area (Å²) in [6.45, 7) is -0.0286. The van der Waals surface area contributed by atoms with Gasteiger partial charge in [0.25, 0.3) is 0 Å². The molecule has 5 nitrogen and oxygen atoms in total. The average molecular weight is 297 g/mol. The monoisotopic (exact) mass is 296 g/mol. The molecule has 1 N–H and O–H groups in total. The van der Waals surface area contributed by atoms with Gasteiger partial charge in [0, 0.05) is 10.6 Å². The third-order valence-electron chi connectivity index (χ3n) is 4.10. The van der Waals surface area contributed by atoms with Crippen LogP contribution in [0.15, 0.2) is 6.07 Å². The average Bonchev–Trinajstić information content (AvgIpc) is 3.06. The van der Waals surface area contributed by atoms with Gasteiger partial charge in [-0.15, -0.1) is 0 Å². The standard InChI is InChI=1S/C14H13ClO5/c15-9-5-8(6-16)11-12(20-7-19-11)10(9)14(13(17)18)3-1-2-4-14/h5-6H,1-4,7H2,(H,17,18). The second kappa shape index (κ2) is 4.66. The van der Waals surface area contributed by atoms with Crippen molar-refractivity contribution in [2.24, 2.45) is 0 Å². The van der Waals surface area contributed by atoms with Gasteiger partial charge in [-0.25, -0.2) is 0 Å². The summed E-state index contributed by atoms with van der Waals surface area (Å²) in [5.74, 6) is -0.302. The smallest absolute Gasteiger partial charge is 0.314 e. The molecule has 0 saturated heterocycles. The van der Waals surface area contributed by atoms with Crippen molar-refractivity contribution in [1.82, 2.24) is 0 Å². The van der Waals surface area contributed by atoms with Crippen LogP contribution in [0.25, 0.3) is 0 Å². The number of carboxylic acids is 1. The molecule has 1 aromatic carbocycles. The van der Waals surface area contributed by atoms with Gasteiger partial charge < -0.3 is 14.6 Å². The molecule has 2 aliphatic rings. The lowest BCUT2D eigenvalue weighted by atomic mass is 9.78. The van der Waals surface area contributed by atoms with Crippen LogP contribution in [0, 0.1) is 0 Å². The predicted octanol–water partition coefficient (Wildman–Crippen LogP) is 2.78. The van der Waals surface area contributed by atoms with Crippen LogP contribution in [-0.2, 0) is 10.2 Å². The number of fused-ring (bicyclic) bond motifs is 1. The molecule has 1 heterocycles. The van der Waals surface area contributed by atoms with Crippen molar-refractivity contribution in [2.45, 2.75) is 31.1 Å². The highest BCUT2D eigenvalue weighted by atomic mass is 35.5. The molecule has 106 valence electrons. The fraction of sp³-hybridized carbons (Fsp3) is 0.429. The van der Waals surface area contributed by atoms with Crippen molar-refractivity contribution in [3.05, 3.63) is 22.2 Å². The van der Waals surface area contributed by atoms with Crippen LogP contribution < -0.4 is 9.47 Å². The maximum atomic E-state index is 11.8. The summed E-state index contributed by atoms with van der Waals surface area (Å²) < 4.78 is 10.7. The van der Waals surface area contributed by atoms with E-state index in [1.165, 1.54) is 6.07 Å². The minimum absolute atomic E-state index is 0.0286. The van der Waals surface area contributed by atoms with E-state index in [0.717, 1.165) is 12.8 Å². The Morgan fingerprint density at radius 1 is 1.30 bits per heavy atom.